The van der Waals surface area contributed by atoms with Crippen LogP contribution in [0, 0.1) is 13.8 Å². The molecule has 162 valence electrons. The Balaban J connectivity index is 1.48. The molecule has 4 rings (SSSR count). The van der Waals surface area contributed by atoms with Crippen molar-refractivity contribution in [3.8, 4) is 16.9 Å². The van der Waals surface area contributed by atoms with Crippen molar-refractivity contribution in [1.82, 2.24) is 10.3 Å². The molecule has 32 heavy (non-hydrogen) atoms. The summed E-state index contributed by atoms with van der Waals surface area (Å²) in [6.45, 7) is 4.64. The van der Waals surface area contributed by atoms with Gasteiger partial charge in [0, 0.05) is 34.3 Å². The van der Waals surface area contributed by atoms with Crippen LogP contribution in [0.2, 0.25) is 0 Å². The summed E-state index contributed by atoms with van der Waals surface area (Å²) in [5.74, 6) is 0.0415. The molecule has 0 fully saturated rings. The fourth-order valence-corrected chi connectivity index (χ4v) is 3.99. The molecule has 1 amide bonds. The fourth-order valence-electron chi connectivity index (χ4n) is 3.99. The average molecular weight is 428 g/mol. The highest BCUT2D eigenvalue weighted by Crippen LogP contribution is 2.30. The second kappa shape index (κ2) is 8.98. The zero-order chi connectivity index (χ0) is 22.7. The quantitative estimate of drug-likeness (QED) is 0.280. The molecule has 0 unspecified atom stereocenters. The van der Waals surface area contributed by atoms with E-state index in [1.54, 1.807) is 42.5 Å². The van der Waals surface area contributed by atoms with E-state index in [9.17, 15) is 9.59 Å². The molecular weight excluding hydrogens is 404 g/mol. The summed E-state index contributed by atoms with van der Waals surface area (Å²) in [5.41, 5.74) is 6.47. The topological polar surface area (TPSA) is 91.4 Å². The highest BCUT2D eigenvalue weighted by molar-refractivity contribution is 5.96. The molecule has 3 aromatic carbocycles. The Labute approximate surface area is 185 Å². The molecule has 0 saturated carbocycles. The maximum Gasteiger partial charge on any atom is 0.511 e. The van der Waals surface area contributed by atoms with Gasteiger partial charge in [0.15, 0.2) is 0 Å². The predicted octanol–water partition coefficient (Wildman–Crippen LogP) is 5.48. The zero-order valence-electron chi connectivity index (χ0n) is 17.9. The number of amides is 1. The molecule has 4 aromatic rings. The van der Waals surface area contributed by atoms with Crippen LogP contribution < -0.4 is 10.1 Å². The van der Waals surface area contributed by atoms with Crippen molar-refractivity contribution in [3.05, 3.63) is 89.1 Å². The number of hydrogen-bond acceptors (Lipinski definition) is 3. The monoisotopic (exact) mass is 428 g/mol. The van der Waals surface area contributed by atoms with Crippen molar-refractivity contribution in [2.75, 3.05) is 6.54 Å². The van der Waals surface area contributed by atoms with Gasteiger partial charge in [0.1, 0.15) is 5.75 Å². The van der Waals surface area contributed by atoms with Crippen LogP contribution in [-0.2, 0) is 6.42 Å². The third-order valence-corrected chi connectivity index (χ3v) is 5.54. The number of hydrogen-bond donors (Lipinski definition) is 3. The van der Waals surface area contributed by atoms with E-state index in [0.717, 1.165) is 17.6 Å². The van der Waals surface area contributed by atoms with Crippen LogP contribution in [0.5, 0.6) is 5.75 Å². The number of aromatic amines is 1. The van der Waals surface area contributed by atoms with Gasteiger partial charge in [0.05, 0.1) is 0 Å². The van der Waals surface area contributed by atoms with Crippen molar-refractivity contribution in [3.63, 3.8) is 0 Å². The Bertz CT molecular complexity index is 1310. The number of aromatic nitrogens is 1. The maximum atomic E-state index is 12.8. The number of carboxylic acid groups (broad SMARTS) is 1. The van der Waals surface area contributed by atoms with Crippen LogP contribution in [-0.4, -0.2) is 28.7 Å². The highest BCUT2D eigenvalue weighted by atomic mass is 16.7. The van der Waals surface area contributed by atoms with E-state index in [0.29, 0.717) is 23.2 Å². The molecule has 6 heteroatoms. The van der Waals surface area contributed by atoms with Crippen LogP contribution >= 0.6 is 0 Å². The molecule has 0 aliphatic carbocycles. The van der Waals surface area contributed by atoms with Gasteiger partial charge in [-0.25, -0.2) is 4.79 Å². The second-order valence-corrected chi connectivity index (χ2v) is 7.68. The van der Waals surface area contributed by atoms with E-state index < -0.39 is 6.16 Å². The molecule has 0 aliphatic rings. The number of ether oxygens (including phenoxy) is 1. The number of benzene rings is 3. The number of H-pyrrole nitrogens is 1. The van der Waals surface area contributed by atoms with Crippen LogP contribution in [0.1, 0.15) is 27.2 Å². The second-order valence-electron chi connectivity index (χ2n) is 7.68. The van der Waals surface area contributed by atoms with Gasteiger partial charge in [-0.15, -0.1) is 0 Å². The smallest absolute Gasteiger partial charge is 0.449 e. The van der Waals surface area contributed by atoms with E-state index in [-0.39, 0.29) is 11.7 Å². The summed E-state index contributed by atoms with van der Waals surface area (Å²) in [6, 6.07) is 20.1. The molecule has 0 radical (unpaired) electrons. The summed E-state index contributed by atoms with van der Waals surface area (Å²) in [7, 11) is 0. The van der Waals surface area contributed by atoms with Gasteiger partial charge in [-0.3, -0.25) is 4.79 Å². The van der Waals surface area contributed by atoms with Crippen molar-refractivity contribution in [1.29, 1.82) is 0 Å². The Hall–Kier alpha value is -4.06. The van der Waals surface area contributed by atoms with Crippen molar-refractivity contribution in [2.24, 2.45) is 0 Å². The molecule has 0 bridgehead atoms. The lowest BCUT2D eigenvalue weighted by atomic mass is 10.0. The first-order valence-electron chi connectivity index (χ1n) is 10.4. The van der Waals surface area contributed by atoms with Crippen LogP contribution in [0.4, 0.5) is 4.79 Å². The number of nitrogens with one attached hydrogen (secondary N) is 2. The SMILES string of the molecule is Cc1[nH]c2c(C)cccc2c1CCNC(=O)c1cccc(-c2ccccc2OC(=O)O)c1. The normalized spacial score (nSPS) is 10.8. The van der Waals surface area contributed by atoms with Crippen LogP contribution in [0.3, 0.4) is 0 Å². The Morgan fingerprint density at radius 1 is 1.00 bits per heavy atom. The molecule has 1 heterocycles. The van der Waals surface area contributed by atoms with Crippen LogP contribution in [0.25, 0.3) is 22.0 Å². The van der Waals surface area contributed by atoms with Gasteiger partial charge in [0.2, 0.25) is 0 Å². The highest BCUT2D eigenvalue weighted by Gasteiger charge is 2.13. The Morgan fingerprint density at radius 2 is 1.78 bits per heavy atom. The molecule has 0 aliphatic heterocycles. The summed E-state index contributed by atoms with van der Waals surface area (Å²) < 4.78 is 4.87. The third-order valence-electron chi connectivity index (χ3n) is 5.54. The molecule has 0 saturated heterocycles. The first-order chi connectivity index (χ1) is 15.4. The minimum Gasteiger partial charge on any atom is -0.449 e. The molecular formula is C26H24N2O4. The van der Waals surface area contributed by atoms with E-state index in [4.69, 9.17) is 9.84 Å². The standard InChI is InChI=1S/C26H24N2O4/c1-16-7-5-11-22-20(17(2)28-24(16)22)13-14-27-25(29)19-9-6-8-18(15-19)21-10-3-4-12-23(21)32-26(30)31/h3-12,15,28H,13-14H2,1-2H3,(H,27,29)(H,30,31). The molecule has 6 nitrogen and oxygen atoms in total. The maximum absolute atomic E-state index is 12.8. The Morgan fingerprint density at radius 3 is 2.59 bits per heavy atom. The first-order valence-corrected chi connectivity index (χ1v) is 10.4. The number of fused-ring (bicyclic) bond motifs is 1. The number of carbonyl (C=O) groups excluding carboxylic acids is 1. The lowest BCUT2D eigenvalue weighted by Crippen LogP contribution is -2.25. The molecule has 3 N–H and O–H groups in total. The number of aryl methyl sites for hydroxylation is 2. The minimum atomic E-state index is -1.38. The van der Waals surface area contributed by atoms with E-state index in [2.05, 4.69) is 36.3 Å². The summed E-state index contributed by atoms with van der Waals surface area (Å²) in [4.78, 5) is 27.2. The van der Waals surface area contributed by atoms with Crippen molar-refractivity contribution in [2.45, 2.75) is 20.3 Å². The average Bonchev–Trinajstić information content (AvgIpc) is 3.10. The van der Waals surface area contributed by atoms with Gasteiger partial charge in [-0.05, 0) is 55.2 Å². The minimum absolute atomic E-state index is 0.183. The van der Waals surface area contributed by atoms with Gasteiger partial charge in [-0.1, -0.05) is 48.5 Å². The molecule has 0 atom stereocenters. The van der Waals surface area contributed by atoms with E-state index in [1.165, 1.54) is 16.5 Å². The summed E-state index contributed by atoms with van der Waals surface area (Å²) in [6.07, 6.45) is -0.662. The van der Waals surface area contributed by atoms with Gasteiger partial charge >= 0.3 is 6.16 Å². The third kappa shape index (κ3) is 4.34. The zero-order valence-corrected chi connectivity index (χ0v) is 17.9. The van der Waals surface area contributed by atoms with E-state index in [1.807, 2.05) is 12.1 Å². The van der Waals surface area contributed by atoms with E-state index >= 15 is 0 Å². The number of para-hydroxylation sites is 2. The largest absolute Gasteiger partial charge is 0.511 e. The lowest BCUT2D eigenvalue weighted by molar-refractivity contribution is 0.0954. The Kier molecular flexibility index (Phi) is 5.94. The molecule has 0 spiro atoms. The van der Waals surface area contributed by atoms with Gasteiger partial charge in [-0.2, -0.15) is 0 Å². The van der Waals surface area contributed by atoms with Gasteiger partial charge in [0.25, 0.3) is 5.91 Å². The number of rotatable bonds is 6. The first kappa shape index (κ1) is 21.2. The predicted molar refractivity (Wildman–Crippen MR) is 124 cm³/mol. The molecule has 1 aromatic heterocycles. The fraction of sp³-hybridized carbons (Fsp3) is 0.154. The lowest BCUT2D eigenvalue weighted by Gasteiger charge is -2.10. The van der Waals surface area contributed by atoms with Crippen molar-refractivity contribution < 1.29 is 19.4 Å². The summed E-state index contributed by atoms with van der Waals surface area (Å²) >= 11 is 0. The van der Waals surface area contributed by atoms with Crippen LogP contribution in [0.15, 0.2) is 66.7 Å². The summed E-state index contributed by atoms with van der Waals surface area (Å²) in [5, 5.41) is 13.1. The van der Waals surface area contributed by atoms with Gasteiger partial charge < -0.3 is 20.1 Å². The number of carbonyl (C=O) groups is 2. The van der Waals surface area contributed by atoms with Crippen molar-refractivity contribution >= 4 is 23.0 Å².